The van der Waals surface area contributed by atoms with Crippen molar-refractivity contribution in [3.8, 4) is 0 Å². The maximum absolute atomic E-state index is 6.02. The minimum Gasteiger partial charge on any atom is -0.380 e. The lowest BCUT2D eigenvalue weighted by Crippen LogP contribution is -2.53. The monoisotopic (exact) mass is 228 g/mol. The van der Waals surface area contributed by atoms with Gasteiger partial charge in [-0.25, -0.2) is 0 Å². The first-order chi connectivity index (χ1) is 7.79. The minimum atomic E-state index is 0.285. The summed E-state index contributed by atoms with van der Waals surface area (Å²) in [5.41, 5.74) is 6.31. The maximum atomic E-state index is 6.02. The Morgan fingerprint density at radius 2 is 1.88 bits per heavy atom. The molecular weight excluding hydrogens is 200 g/mol. The van der Waals surface area contributed by atoms with Gasteiger partial charge in [-0.2, -0.15) is 0 Å². The van der Waals surface area contributed by atoms with E-state index >= 15 is 0 Å². The zero-order valence-electron chi connectivity index (χ0n) is 11.0. The van der Waals surface area contributed by atoms with Gasteiger partial charge in [0.15, 0.2) is 0 Å². The van der Waals surface area contributed by atoms with Gasteiger partial charge in [0.25, 0.3) is 0 Å². The molecule has 3 nitrogen and oxygen atoms in total. The first kappa shape index (κ1) is 13.9. The Bertz CT molecular complexity index is 179. The summed E-state index contributed by atoms with van der Waals surface area (Å²) in [4.78, 5) is 2.58. The standard InChI is InChI=1S/C13H28N2O/c1-3-9-15(10-11-16-4-2)13(12-14)7-5-6-8-13/h3-12,14H2,1-2H3. The first-order valence-electron chi connectivity index (χ1n) is 6.82. The first-order valence-corrected chi connectivity index (χ1v) is 6.82. The molecule has 0 radical (unpaired) electrons. The largest absolute Gasteiger partial charge is 0.380 e. The molecule has 1 aliphatic carbocycles. The van der Waals surface area contributed by atoms with E-state index < -0.39 is 0 Å². The van der Waals surface area contributed by atoms with Crippen molar-refractivity contribution < 1.29 is 4.74 Å². The van der Waals surface area contributed by atoms with Crippen LogP contribution in [-0.4, -0.2) is 43.3 Å². The molecule has 2 N–H and O–H groups in total. The van der Waals surface area contributed by atoms with Gasteiger partial charge in [0, 0.05) is 25.2 Å². The number of rotatable bonds is 8. The zero-order valence-corrected chi connectivity index (χ0v) is 11.0. The van der Waals surface area contributed by atoms with E-state index in [1.165, 1.54) is 32.1 Å². The second-order valence-electron chi connectivity index (χ2n) is 4.82. The summed E-state index contributed by atoms with van der Waals surface area (Å²) in [5.74, 6) is 0. The van der Waals surface area contributed by atoms with Crippen molar-refractivity contribution in [1.82, 2.24) is 4.90 Å². The van der Waals surface area contributed by atoms with Gasteiger partial charge in [-0.1, -0.05) is 19.8 Å². The highest BCUT2D eigenvalue weighted by Crippen LogP contribution is 2.34. The fourth-order valence-electron chi connectivity index (χ4n) is 2.86. The van der Waals surface area contributed by atoms with Gasteiger partial charge in [-0.05, 0) is 32.7 Å². The summed E-state index contributed by atoms with van der Waals surface area (Å²) >= 11 is 0. The Morgan fingerprint density at radius 3 is 2.38 bits per heavy atom. The highest BCUT2D eigenvalue weighted by molar-refractivity contribution is 4.95. The van der Waals surface area contributed by atoms with Crippen LogP contribution in [0.4, 0.5) is 0 Å². The fraction of sp³-hybridized carbons (Fsp3) is 1.00. The predicted octanol–water partition coefficient (Wildman–Crippen LogP) is 2.01. The molecule has 0 heterocycles. The molecule has 0 bridgehead atoms. The van der Waals surface area contributed by atoms with Crippen LogP contribution in [0, 0.1) is 0 Å². The number of hydrogen-bond acceptors (Lipinski definition) is 3. The van der Waals surface area contributed by atoms with Gasteiger partial charge in [-0.3, -0.25) is 4.90 Å². The van der Waals surface area contributed by atoms with Crippen molar-refractivity contribution in [1.29, 1.82) is 0 Å². The van der Waals surface area contributed by atoms with E-state index in [1.807, 2.05) is 0 Å². The number of nitrogens with zero attached hydrogens (tertiary/aromatic N) is 1. The molecule has 1 rings (SSSR count). The summed E-state index contributed by atoms with van der Waals surface area (Å²) < 4.78 is 5.48. The molecule has 0 aliphatic heterocycles. The van der Waals surface area contributed by atoms with E-state index in [0.717, 1.165) is 32.8 Å². The van der Waals surface area contributed by atoms with E-state index in [0.29, 0.717) is 0 Å². The quantitative estimate of drug-likeness (QED) is 0.646. The molecule has 16 heavy (non-hydrogen) atoms. The molecule has 1 fully saturated rings. The van der Waals surface area contributed by atoms with E-state index in [-0.39, 0.29) is 5.54 Å². The van der Waals surface area contributed by atoms with Crippen molar-refractivity contribution in [3.05, 3.63) is 0 Å². The molecule has 0 unspecified atom stereocenters. The van der Waals surface area contributed by atoms with Gasteiger partial charge in [0.1, 0.15) is 0 Å². The summed E-state index contributed by atoms with van der Waals surface area (Å²) in [7, 11) is 0. The molecule has 0 saturated heterocycles. The molecule has 1 aliphatic rings. The Morgan fingerprint density at radius 1 is 1.19 bits per heavy atom. The van der Waals surface area contributed by atoms with Crippen LogP contribution in [-0.2, 0) is 4.74 Å². The van der Waals surface area contributed by atoms with E-state index in [1.54, 1.807) is 0 Å². The van der Waals surface area contributed by atoms with E-state index in [2.05, 4.69) is 18.7 Å². The molecule has 1 saturated carbocycles. The summed E-state index contributed by atoms with van der Waals surface area (Å²) in [6.45, 7) is 8.96. The zero-order chi connectivity index (χ0) is 11.9. The van der Waals surface area contributed by atoms with Crippen molar-refractivity contribution in [3.63, 3.8) is 0 Å². The van der Waals surface area contributed by atoms with E-state index in [9.17, 15) is 0 Å². The van der Waals surface area contributed by atoms with Crippen molar-refractivity contribution in [2.45, 2.75) is 51.5 Å². The van der Waals surface area contributed by atoms with Gasteiger partial charge in [-0.15, -0.1) is 0 Å². The Hall–Kier alpha value is -0.120. The molecule has 0 aromatic carbocycles. The van der Waals surface area contributed by atoms with Crippen LogP contribution in [0.2, 0.25) is 0 Å². The second kappa shape index (κ2) is 7.25. The van der Waals surface area contributed by atoms with Crippen LogP contribution >= 0.6 is 0 Å². The summed E-state index contributed by atoms with van der Waals surface area (Å²) in [6.07, 6.45) is 6.43. The van der Waals surface area contributed by atoms with Crippen molar-refractivity contribution in [2.24, 2.45) is 5.73 Å². The minimum absolute atomic E-state index is 0.285. The predicted molar refractivity (Wildman–Crippen MR) is 68.6 cm³/mol. The number of ether oxygens (including phenoxy) is 1. The van der Waals surface area contributed by atoms with Crippen LogP contribution in [0.5, 0.6) is 0 Å². The Balaban J connectivity index is 2.51. The fourth-order valence-corrected chi connectivity index (χ4v) is 2.86. The second-order valence-corrected chi connectivity index (χ2v) is 4.82. The molecule has 0 atom stereocenters. The lowest BCUT2D eigenvalue weighted by atomic mass is 9.95. The van der Waals surface area contributed by atoms with Crippen LogP contribution < -0.4 is 5.73 Å². The lowest BCUT2D eigenvalue weighted by molar-refractivity contribution is 0.0509. The van der Waals surface area contributed by atoms with Crippen LogP contribution in [0.25, 0.3) is 0 Å². The summed E-state index contributed by atoms with van der Waals surface area (Å²) in [5, 5.41) is 0. The topological polar surface area (TPSA) is 38.5 Å². The number of nitrogens with two attached hydrogens (primary N) is 1. The highest BCUT2D eigenvalue weighted by atomic mass is 16.5. The normalized spacial score (nSPS) is 19.5. The Kier molecular flexibility index (Phi) is 6.32. The van der Waals surface area contributed by atoms with Gasteiger partial charge < -0.3 is 10.5 Å². The molecule has 0 aromatic rings. The molecule has 0 aromatic heterocycles. The third-order valence-electron chi connectivity index (χ3n) is 3.79. The van der Waals surface area contributed by atoms with Crippen LogP contribution in [0.15, 0.2) is 0 Å². The molecule has 3 heteroatoms. The van der Waals surface area contributed by atoms with Crippen LogP contribution in [0.3, 0.4) is 0 Å². The third kappa shape index (κ3) is 3.44. The summed E-state index contributed by atoms with van der Waals surface area (Å²) in [6, 6.07) is 0. The smallest absolute Gasteiger partial charge is 0.0593 e. The average Bonchev–Trinajstić information content (AvgIpc) is 2.78. The molecule has 96 valence electrons. The SMILES string of the molecule is CCCN(CCOCC)C1(CN)CCCC1. The lowest BCUT2D eigenvalue weighted by Gasteiger charge is -2.40. The molecular formula is C13H28N2O. The van der Waals surface area contributed by atoms with E-state index in [4.69, 9.17) is 10.5 Å². The van der Waals surface area contributed by atoms with Gasteiger partial charge >= 0.3 is 0 Å². The molecule has 0 amide bonds. The third-order valence-corrected chi connectivity index (χ3v) is 3.79. The average molecular weight is 228 g/mol. The van der Waals surface area contributed by atoms with Crippen molar-refractivity contribution in [2.75, 3.05) is 32.8 Å². The van der Waals surface area contributed by atoms with Crippen LogP contribution in [0.1, 0.15) is 46.0 Å². The highest BCUT2D eigenvalue weighted by Gasteiger charge is 2.37. The number of hydrogen-bond donors (Lipinski definition) is 1. The van der Waals surface area contributed by atoms with Gasteiger partial charge in [0.2, 0.25) is 0 Å². The Labute approximate surface area is 100 Å². The molecule has 0 spiro atoms. The van der Waals surface area contributed by atoms with Gasteiger partial charge in [0.05, 0.1) is 6.61 Å². The van der Waals surface area contributed by atoms with Crippen molar-refractivity contribution >= 4 is 0 Å². The maximum Gasteiger partial charge on any atom is 0.0593 e.